The minimum absolute atomic E-state index is 0.0125. The molecule has 0 unspecified atom stereocenters. The highest BCUT2D eigenvalue weighted by Gasteiger charge is 2.19. The molecule has 20 heavy (non-hydrogen) atoms. The fourth-order valence-electron chi connectivity index (χ4n) is 1.19. The number of pyridine rings is 1. The smallest absolute Gasteiger partial charge is 0.356 e. The Morgan fingerprint density at radius 3 is 2.65 bits per heavy atom. The number of hydrogen-bond donors (Lipinski definition) is 0. The zero-order chi connectivity index (χ0) is 15.3. The zero-order valence-corrected chi connectivity index (χ0v) is 12.4. The van der Waals surface area contributed by atoms with Gasteiger partial charge in [-0.1, -0.05) is 11.8 Å². The Kier molecular flexibility index (Phi) is 5.45. The maximum atomic E-state index is 11.3. The number of methoxy groups -OCH3 is 1. The summed E-state index contributed by atoms with van der Waals surface area (Å²) in [6, 6.07) is 2.33. The second kappa shape index (κ2) is 6.66. The van der Waals surface area contributed by atoms with Gasteiger partial charge in [0.15, 0.2) is 5.03 Å². The van der Waals surface area contributed by atoms with Gasteiger partial charge in [-0.3, -0.25) is 10.1 Å². The third-order valence-corrected chi connectivity index (χ3v) is 4.31. The molecule has 0 aliphatic rings. The van der Waals surface area contributed by atoms with Crippen LogP contribution in [-0.2, 0) is 14.6 Å². The number of carbonyl (C=O) groups is 1. The first-order chi connectivity index (χ1) is 9.24. The number of carbonyl (C=O) groups excluding carboxylic acids is 1. The van der Waals surface area contributed by atoms with Crippen LogP contribution in [0, 0.1) is 10.1 Å². The number of esters is 1. The highest BCUT2D eigenvalue weighted by atomic mass is 32.2. The fourth-order valence-corrected chi connectivity index (χ4v) is 3.38. The highest BCUT2D eigenvalue weighted by Crippen LogP contribution is 2.27. The third kappa shape index (κ3) is 4.78. The minimum atomic E-state index is -3.17. The molecule has 0 bridgehead atoms. The summed E-state index contributed by atoms with van der Waals surface area (Å²) in [5.41, 5.74) is -0.351. The summed E-state index contributed by atoms with van der Waals surface area (Å²) in [7, 11) is -2.00. The van der Waals surface area contributed by atoms with Crippen LogP contribution in [0.1, 0.15) is 10.5 Å². The summed E-state index contributed by atoms with van der Waals surface area (Å²) in [6.45, 7) is 0. The summed E-state index contributed by atoms with van der Waals surface area (Å²) in [5, 5.41) is 10.8. The van der Waals surface area contributed by atoms with E-state index >= 15 is 0 Å². The number of ether oxygens (including phenoxy) is 1. The molecule has 10 heteroatoms. The van der Waals surface area contributed by atoms with Crippen molar-refractivity contribution in [1.29, 1.82) is 0 Å². The molecule has 0 saturated carbocycles. The molecule has 0 N–H and O–H groups in total. The van der Waals surface area contributed by atoms with Crippen molar-refractivity contribution in [2.24, 2.45) is 0 Å². The summed E-state index contributed by atoms with van der Waals surface area (Å²) in [6.07, 6.45) is 1.07. The quantitative estimate of drug-likeness (QED) is 0.328. The second-order valence-corrected chi connectivity index (χ2v) is 7.09. The zero-order valence-electron chi connectivity index (χ0n) is 10.7. The molecule has 0 aliphatic carbocycles. The maximum Gasteiger partial charge on any atom is 0.356 e. The van der Waals surface area contributed by atoms with E-state index in [9.17, 15) is 23.3 Å². The van der Waals surface area contributed by atoms with E-state index in [4.69, 9.17) is 0 Å². The third-order valence-electron chi connectivity index (χ3n) is 2.12. The summed E-state index contributed by atoms with van der Waals surface area (Å²) < 4.78 is 26.5. The van der Waals surface area contributed by atoms with E-state index < -0.39 is 20.7 Å². The summed E-state index contributed by atoms with van der Waals surface area (Å²) in [5.74, 6) is -0.749. The topological polar surface area (TPSA) is 116 Å². The van der Waals surface area contributed by atoms with Crippen LogP contribution in [0.4, 0.5) is 5.69 Å². The number of nitro groups is 1. The molecule has 0 atom stereocenters. The number of sulfone groups is 1. The van der Waals surface area contributed by atoms with Crippen molar-refractivity contribution in [3.63, 3.8) is 0 Å². The van der Waals surface area contributed by atoms with E-state index in [-0.39, 0.29) is 27.9 Å². The molecule has 1 aromatic rings. The molecule has 8 nitrogen and oxygen atoms in total. The van der Waals surface area contributed by atoms with Gasteiger partial charge >= 0.3 is 11.7 Å². The van der Waals surface area contributed by atoms with Crippen LogP contribution >= 0.6 is 11.8 Å². The highest BCUT2D eigenvalue weighted by molar-refractivity contribution is 8.00. The number of rotatable bonds is 6. The van der Waals surface area contributed by atoms with Crippen LogP contribution in [-0.4, -0.2) is 49.2 Å². The van der Waals surface area contributed by atoms with Crippen molar-refractivity contribution in [2.45, 2.75) is 5.03 Å². The Hall–Kier alpha value is -1.68. The number of thioether (sulfide) groups is 1. The van der Waals surface area contributed by atoms with E-state index in [1.807, 2.05) is 0 Å². The summed E-state index contributed by atoms with van der Waals surface area (Å²) in [4.78, 5) is 25.4. The molecular formula is C10H12N2O6S2. The van der Waals surface area contributed by atoms with Gasteiger partial charge in [0.1, 0.15) is 15.5 Å². The lowest BCUT2D eigenvalue weighted by Crippen LogP contribution is -2.08. The minimum Gasteiger partial charge on any atom is -0.464 e. The summed E-state index contributed by atoms with van der Waals surface area (Å²) >= 11 is 0.905. The van der Waals surface area contributed by atoms with Gasteiger partial charge in [-0.05, 0) is 6.07 Å². The second-order valence-electron chi connectivity index (χ2n) is 3.75. The maximum absolute atomic E-state index is 11.3. The Bertz CT molecular complexity index is 629. The van der Waals surface area contributed by atoms with Crippen LogP contribution in [0.5, 0.6) is 0 Å². The monoisotopic (exact) mass is 320 g/mol. The van der Waals surface area contributed by atoms with Gasteiger partial charge in [-0.25, -0.2) is 18.2 Å². The van der Waals surface area contributed by atoms with Crippen molar-refractivity contribution < 1.29 is 22.9 Å². The van der Waals surface area contributed by atoms with Gasteiger partial charge in [0.25, 0.3) is 0 Å². The predicted molar refractivity (Wildman–Crippen MR) is 72.7 cm³/mol. The molecule has 0 radical (unpaired) electrons. The van der Waals surface area contributed by atoms with Gasteiger partial charge < -0.3 is 4.74 Å². The molecule has 0 fully saturated rings. The lowest BCUT2D eigenvalue weighted by molar-refractivity contribution is -0.388. The van der Waals surface area contributed by atoms with Gasteiger partial charge in [-0.2, -0.15) is 0 Å². The first-order valence-corrected chi connectivity index (χ1v) is 8.33. The van der Waals surface area contributed by atoms with Crippen molar-refractivity contribution in [3.05, 3.63) is 27.9 Å². The largest absolute Gasteiger partial charge is 0.464 e. The van der Waals surface area contributed by atoms with E-state index in [0.29, 0.717) is 0 Å². The van der Waals surface area contributed by atoms with Crippen molar-refractivity contribution >= 4 is 33.3 Å². The predicted octanol–water partition coefficient (Wildman–Crippen LogP) is 0.913. The normalized spacial score (nSPS) is 11.1. The first-order valence-electron chi connectivity index (χ1n) is 5.29. The molecular weight excluding hydrogens is 308 g/mol. The van der Waals surface area contributed by atoms with Gasteiger partial charge in [0, 0.05) is 18.1 Å². The molecule has 0 spiro atoms. The Balaban J connectivity index is 3.00. The van der Waals surface area contributed by atoms with Crippen molar-refractivity contribution in [3.8, 4) is 0 Å². The van der Waals surface area contributed by atoms with E-state index in [0.717, 1.165) is 24.1 Å². The molecule has 0 aliphatic heterocycles. The standard InChI is InChI=1S/C10H12N2O6S2/c1-18-10(13)7-3-4-8(12(14)15)9(11-7)19-5-6-20(2,16)17/h3-4H,5-6H2,1-2H3. The SMILES string of the molecule is COC(=O)c1ccc([N+](=O)[O-])c(SCCS(C)(=O)=O)n1. The van der Waals surface area contributed by atoms with Crippen LogP contribution in [0.3, 0.4) is 0 Å². The van der Waals surface area contributed by atoms with Crippen LogP contribution in [0.2, 0.25) is 0 Å². The molecule has 1 rings (SSSR count). The molecule has 0 amide bonds. The Morgan fingerprint density at radius 1 is 1.50 bits per heavy atom. The molecule has 0 aromatic carbocycles. The van der Waals surface area contributed by atoms with E-state index in [1.165, 1.54) is 13.2 Å². The lowest BCUT2D eigenvalue weighted by atomic mass is 10.3. The van der Waals surface area contributed by atoms with Gasteiger partial charge in [0.05, 0.1) is 17.8 Å². The van der Waals surface area contributed by atoms with Gasteiger partial charge in [-0.15, -0.1) is 0 Å². The average Bonchev–Trinajstić information content (AvgIpc) is 2.35. The molecule has 110 valence electrons. The lowest BCUT2D eigenvalue weighted by Gasteiger charge is -2.04. The van der Waals surface area contributed by atoms with Crippen LogP contribution in [0.15, 0.2) is 17.2 Å². The molecule has 1 heterocycles. The molecule has 0 saturated heterocycles. The van der Waals surface area contributed by atoms with Crippen LogP contribution < -0.4 is 0 Å². The van der Waals surface area contributed by atoms with Crippen LogP contribution in [0.25, 0.3) is 0 Å². The first kappa shape index (κ1) is 16.4. The van der Waals surface area contributed by atoms with E-state index in [1.54, 1.807) is 0 Å². The number of aromatic nitrogens is 1. The average molecular weight is 320 g/mol. The van der Waals surface area contributed by atoms with Crippen molar-refractivity contribution in [2.75, 3.05) is 24.9 Å². The van der Waals surface area contributed by atoms with Gasteiger partial charge in [0.2, 0.25) is 0 Å². The number of hydrogen-bond acceptors (Lipinski definition) is 8. The van der Waals surface area contributed by atoms with E-state index in [2.05, 4.69) is 9.72 Å². The Labute approximate surface area is 119 Å². The fraction of sp³-hybridized carbons (Fsp3) is 0.400. The Morgan fingerprint density at radius 2 is 2.15 bits per heavy atom. The molecule has 1 aromatic heterocycles. The van der Waals surface area contributed by atoms with Crippen molar-refractivity contribution in [1.82, 2.24) is 4.98 Å². The number of nitrogens with zero attached hydrogens (tertiary/aromatic N) is 2.